The van der Waals surface area contributed by atoms with E-state index in [2.05, 4.69) is 25.9 Å². The van der Waals surface area contributed by atoms with Gasteiger partial charge in [-0.1, -0.05) is 17.7 Å². The van der Waals surface area contributed by atoms with E-state index < -0.39 is 6.09 Å². The van der Waals surface area contributed by atoms with Crippen LogP contribution in [0.1, 0.15) is 11.4 Å². The third-order valence-corrected chi connectivity index (χ3v) is 6.22. The van der Waals surface area contributed by atoms with Crippen molar-refractivity contribution >= 4 is 23.4 Å². The van der Waals surface area contributed by atoms with Gasteiger partial charge in [0.2, 0.25) is 11.8 Å². The first-order chi connectivity index (χ1) is 16.0. The van der Waals surface area contributed by atoms with Crippen LogP contribution in [-0.2, 0) is 19.6 Å². The Hall–Kier alpha value is -3.44. The zero-order chi connectivity index (χ0) is 22.9. The molecule has 33 heavy (non-hydrogen) atoms. The summed E-state index contributed by atoms with van der Waals surface area (Å²) in [5.41, 5.74) is 2.24. The molecule has 2 aliphatic rings. The number of aromatic nitrogens is 4. The van der Waals surface area contributed by atoms with E-state index in [1.807, 2.05) is 16.8 Å². The molecule has 1 amide bonds. The molecule has 12 heteroatoms. The van der Waals surface area contributed by atoms with Crippen molar-refractivity contribution in [3.63, 3.8) is 0 Å². The number of carbonyl (C=O) groups is 1. The first-order valence-corrected chi connectivity index (χ1v) is 11.0. The van der Waals surface area contributed by atoms with Gasteiger partial charge < -0.3 is 24.9 Å². The van der Waals surface area contributed by atoms with Crippen LogP contribution in [0.15, 0.2) is 36.7 Å². The Kier molecular flexibility index (Phi) is 5.73. The Morgan fingerprint density at radius 1 is 1.03 bits per heavy atom. The molecule has 3 aromatic rings. The average Bonchev–Trinajstić information content (AvgIpc) is 3.42. The Bertz CT molecular complexity index is 1140. The van der Waals surface area contributed by atoms with Crippen molar-refractivity contribution in [1.82, 2.24) is 29.3 Å². The maximum atomic E-state index is 12.4. The molecular formula is C21H24ClN7O4. The maximum Gasteiger partial charge on any atom is 0.434 e. The monoisotopic (exact) mass is 473 g/mol. The lowest BCUT2D eigenvalue weighted by atomic mass is 10.1. The van der Waals surface area contributed by atoms with Crippen molar-refractivity contribution in [1.29, 1.82) is 0 Å². The van der Waals surface area contributed by atoms with Gasteiger partial charge in [0.1, 0.15) is 12.2 Å². The summed E-state index contributed by atoms with van der Waals surface area (Å²) in [6.07, 6.45) is 0.961. The summed E-state index contributed by atoms with van der Waals surface area (Å²) < 4.78 is 2.63. The number of rotatable bonds is 4. The van der Waals surface area contributed by atoms with Crippen molar-refractivity contribution in [2.45, 2.75) is 19.6 Å². The van der Waals surface area contributed by atoms with Gasteiger partial charge in [0.05, 0.1) is 13.1 Å². The van der Waals surface area contributed by atoms with Gasteiger partial charge in [-0.15, -0.1) is 4.73 Å². The number of fused-ring (bicyclic) bond motifs is 1. The summed E-state index contributed by atoms with van der Waals surface area (Å²) in [5, 5.41) is 24.2. The quantitative estimate of drug-likeness (QED) is 0.586. The molecule has 11 nitrogen and oxygen atoms in total. The topological polar surface area (TPSA) is 112 Å². The lowest BCUT2D eigenvalue weighted by molar-refractivity contribution is 0.0555. The Balaban J connectivity index is 1.22. The average molecular weight is 474 g/mol. The highest BCUT2D eigenvalue weighted by atomic mass is 35.5. The Labute approximate surface area is 194 Å². The predicted molar refractivity (Wildman–Crippen MR) is 119 cm³/mol. The largest absolute Gasteiger partial charge is 0.492 e. The van der Waals surface area contributed by atoms with Gasteiger partial charge in [0, 0.05) is 62.1 Å². The summed E-state index contributed by atoms with van der Waals surface area (Å²) >= 11 is 6.32. The SMILES string of the molecule is O=C(On1c(O)ccc1O)N1CCN(Cc2ccc(Cl)cc2N2CCn3ncnc3C2)CC1. The molecule has 4 heterocycles. The lowest BCUT2D eigenvalue weighted by Gasteiger charge is -2.35. The number of carbonyl (C=O) groups excluding carboxylic acids is 1. The molecule has 0 unspecified atom stereocenters. The van der Waals surface area contributed by atoms with Crippen LogP contribution in [0.25, 0.3) is 0 Å². The van der Waals surface area contributed by atoms with E-state index in [1.54, 1.807) is 11.2 Å². The second-order valence-corrected chi connectivity index (χ2v) is 8.49. The minimum atomic E-state index is -0.624. The minimum absolute atomic E-state index is 0.342. The molecule has 1 saturated heterocycles. The van der Waals surface area contributed by atoms with Crippen LogP contribution in [0.5, 0.6) is 11.8 Å². The lowest BCUT2D eigenvalue weighted by Crippen LogP contribution is -2.50. The van der Waals surface area contributed by atoms with Gasteiger partial charge in [-0.05, 0) is 17.7 Å². The normalized spacial score (nSPS) is 16.6. The minimum Gasteiger partial charge on any atom is -0.492 e. The fraction of sp³-hybridized carbons (Fsp3) is 0.381. The van der Waals surface area contributed by atoms with Gasteiger partial charge >= 0.3 is 6.09 Å². The molecule has 2 N–H and O–H groups in total. The fourth-order valence-electron chi connectivity index (χ4n) is 4.19. The molecule has 1 aromatic carbocycles. The molecule has 5 rings (SSSR count). The Morgan fingerprint density at radius 3 is 2.55 bits per heavy atom. The highest BCUT2D eigenvalue weighted by Gasteiger charge is 2.26. The molecule has 0 atom stereocenters. The molecule has 2 aliphatic heterocycles. The zero-order valence-electron chi connectivity index (χ0n) is 17.8. The smallest absolute Gasteiger partial charge is 0.434 e. The molecule has 2 aromatic heterocycles. The number of amides is 1. The van der Waals surface area contributed by atoms with Crippen LogP contribution >= 0.6 is 11.6 Å². The molecule has 0 radical (unpaired) electrons. The van der Waals surface area contributed by atoms with Crippen LogP contribution in [0.2, 0.25) is 5.02 Å². The van der Waals surface area contributed by atoms with Crippen LogP contribution in [-0.4, -0.2) is 78.3 Å². The third kappa shape index (κ3) is 4.41. The second kappa shape index (κ2) is 8.83. The number of benzene rings is 1. The summed E-state index contributed by atoms with van der Waals surface area (Å²) in [5.74, 6) is 0.246. The van der Waals surface area contributed by atoms with E-state index in [-0.39, 0.29) is 11.8 Å². The third-order valence-electron chi connectivity index (χ3n) is 5.99. The van der Waals surface area contributed by atoms with Gasteiger partial charge in [-0.2, -0.15) is 5.10 Å². The molecule has 174 valence electrons. The van der Waals surface area contributed by atoms with E-state index >= 15 is 0 Å². The number of halogens is 1. The van der Waals surface area contributed by atoms with Gasteiger partial charge in [0.15, 0.2) is 0 Å². The number of hydrogen-bond donors (Lipinski definition) is 2. The first kappa shape index (κ1) is 21.4. The van der Waals surface area contributed by atoms with Gasteiger partial charge in [-0.25, -0.2) is 14.5 Å². The number of hydrogen-bond acceptors (Lipinski definition) is 8. The Morgan fingerprint density at radius 2 is 1.79 bits per heavy atom. The van der Waals surface area contributed by atoms with E-state index in [0.29, 0.717) is 42.5 Å². The van der Waals surface area contributed by atoms with E-state index in [9.17, 15) is 15.0 Å². The molecule has 0 spiro atoms. The van der Waals surface area contributed by atoms with Crippen molar-refractivity contribution < 1.29 is 19.8 Å². The molecular weight excluding hydrogens is 450 g/mol. The van der Waals surface area contributed by atoms with E-state index in [1.165, 1.54) is 12.1 Å². The van der Waals surface area contributed by atoms with E-state index in [0.717, 1.165) is 36.7 Å². The highest BCUT2D eigenvalue weighted by molar-refractivity contribution is 6.30. The summed E-state index contributed by atoms with van der Waals surface area (Å²) in [4.78, 5) is 28.0. The van der Waals surface area contributed by atoms with Crippen LogP contribution in [0.4, 0.5) is 10.5 Å². The fourth-order valence-corrected chi connectivity index (χ4v) is 4.36. The van der Waals surface area contributed by atoms with Crippen LogP contribution in [0.3, 0.4) is 0 Å². The van der Waals surface area contributed by atoms with Crippen molar-refractivity contribution in [2.24, 2.45) is 0 Å². The van der Waals surface area contributed by atoms with E-state index in [4.69, 9.17) is 16.4 Å². The molecule has 0 saturated carbocycles. The van der Waals surface area contributed by atoms with Crippen molar-refractivity contribution in [2.75, 3.05) is 37.6 Å². The highest BCUT2D eigenvalue weighted by Crippen LogP contribution is 2.29. The first-order valence-electron chi connectivity index (χ1n) is 10.7. The standard InChI is InChI=1S/C21H24ClN7O4/c22-16-2-1-15(17(11-16)27-9-10-28-18(13-27)23-14-24-28)12-25-5-7-26(8-6-25)21(32)33-29-19(30)3-4-20(29)31/h1-4,11,14,30-31H,5-10,12-13H2. The number of anilines is 1. The number of aromatic hydroxyl groups is 2. The van der Waals surface area contributed by atoms with Crippen molar-refractivity contribution in [3.05, 3.63) is 53.1 Å². The predicted octanol–water partition coefficient (Wildman–Crippen LogP) is 1.53. The number of piperazine rings is 1. The summed E-state index contributed by atoms with van der Waals surface area (Å²) in [7, 11) is 0. The molecule has 1 fully saturated rings. The summed E-state index contributed by atoms with van der Waals surface area (Å²) in [6.45, 7) is 5.25. The van der Waals surface area contributed by atoms with Gasteiger partial charge in [-0.3, -0.25) is 4.90 Å². The number of nitrogens with zero attached hydrogens (tertiary/aromatic N) is 7. The van der Waals surface area contributed by atoms with Crippen LogP contribution in [0, 0.1) is 0 Å². The van der Waals surface area contributed by atoms with Crippen LogP contribution < -0.4 is 9.74 Å². The maximum absolute atomic E-state index is 12.4. The molecule has 0 aliphatic carbocycles. The van der Waals surface area contributed by atoms with Gasteiger partial charge in [0.25, 0.3) is 0 Å². The zero-order valence-corrected chi connectivity index (χ0v) is 18.6. The summed E-state index contributed by atoms with van der Waals surface area (Å²) in [6, 6.07) is 8.44. The van der Waals surface area contributed by atoms with Crippen molar-refractivity contribution in [3.8, 4) is 11.8 Å². The molecule has 0 bridgehead atoms. The second-order valence-electron chi connectivity index (χ2n) is 8.06.